The van der Waals surface area contributed by atoms with Gasteiger partial charge in [0.15, 0.2) is 0 Å². The second kappa shape index (κ2) is 21.2. The first kappa shape index (κ1) is 48.5. The van der Waals surface area contributed by atoms with E-state index in [9.17, 15) is 45.5 Å². The van der Waals surface area contributed by atoms with Gasteiger partial charge in [-0.3, -0.25) is 29.0 Å². The number of halogens is 7. The highest BCUT2D eigenvalue weighted by Crippen LogP contribution is 2.32. The van der Waals surface area contributed by atoms with E-state index in [1.807, 2.05) is 29.2 Å². The van der Waals surface area contributed by atoms with E-state index in [1.54, 1.807) is 36.4 Å². The van der Waals surface area contributed by atoms with Crippen molar-refractivity contribution in [1.29, 1.82) is 0 Å². The van der Waals surface area contributed by atoms with Gasteiger partial charge in [0.05, 0.1) is 17.2 Å². The number of alkyl halides is 6. The summed E-state index contributed by atoms with van der Waals surface area (Å²) in [6.07, 6.45) is -3.59. The number of imide groups is 1. The minimum atomic E-state index is -5.08. The van der Waals surface area contributed by atoms with Crippen molar-refractivity contribution in [2.45, 2.75) is 82.0 Å². The van der Waals surface area contributed by atoms with Crippen molar-refractivity contribution in [3.63, 3.8) is 0 Å². The number of amides is 4. The first-order chi connectivity index (χ1) is 29.7. The molecule has 2 fully saturated rings. The Morgan fingerprint density at radius 1 is 0.746 bits per heavy atom. The van der Waals surface area contributed by atoms with Crippen LogP contribution in [0.2, 0.25) is 5.02 Å². The van der Waals surface area contributed by atoms with E-state index in [1.165, 1.54) is 16.9 Å². The molecular weight excluding hydrogens is 864 g/mol. The third-order valence-electron chi connectivity index (χ3n) is 11.4. The van der Waals surface area contributed by atoms with E-state index in [0.717, 1.165) is 36.8 Å². The van der Waals surface area contributed by atoms with Crippen molar-refractivity contribution in [3.8, 4) is 0 Å². The maximum Gasteiger partial charge on any atom is 0.490 e. The summed E-state index contributed by atoms with van der Waals surface area (Å²) < 4.78 is 63.5. The molecule has 3 aromatic carbocycles. The Labute approximate surface area is 363 Å². The highest BCUT2D eigenvalue weighted by Gasteiger charge is 2.42. The minimum absolute atomic E-state index is 0.0320. The molecule has 1 saturated heterocycles. The maximum absolute atomic E-state index is 14.2. The number of nitrogens with one attached hydrogen (secondary N) is 2. The molecule has 63 heavy (non-hydrogen) atoms. The second-order valence-corrected chi connectivity index (χ2v) is 15.9. The fourth-order valence-corrected chi connectivity index (χ4v) is 8.26. The molecule has 4 amide bonds. The normalized spacial score (nSPS) is 19.0. The molecule has 3 heterocycles. The van der Waals surface area contributed by atoms with Gasteiger partial charge in [-0.25, -0.2) is 9.59 Å². The van der Waals surface area contributed by atoms with Gasteiger partial charge in [-0.2, -0.15) is 26.3 Å². The van der Waals surface area contributed by atoms with Gasteiger partial charge >= 0.3 is 24.3 Å². The van der Waals surface area contributed by atoms with Crippen molar-refractivity contribution in [2.24, 2.45) is 5.92 Å². The van der Waals surface area contributed by atoms with Crippen LogP contribution in [0.1, 0.15) is 69.5 Å². The van der Waals surface area contributed by atoms with E-state index >= 15 is 0 Å². The Bertz CT molecular complexity index is 2070. The summed E-state index contributed by atoms with van der Waals surface area (Å²) in [5.74, 6) is -5.85. The number of rotatable bonds is 9. The van der Waals surface area contributed by atoms with Crippen molar-refractivity contribution in [1.82, 2.24) is 25.3 Å². The highest BCUT2D eigenvalue weighted by molar-refractivity contribution is 6.30. The van der Waals surface area contributed by atoms with Crippen LogP contribution in [0.25, 0.3) is 0 Å². The summed E-state index contributed by atoms with van der Waals surface area (Å²) in [6.45, 7) is 3.25. The molecule has 0 aromatic heterocycles. The molecule has 4 N–H and O–H groups in total. The summed E-state index contributed by atoms with van der Waals surface area (Å²) in [6, 6.07) is 21.5. The summed E-state index contributed by atoms with van der Waals surface area (Å²) >= 11 is 6.15. The van der Waals surface area contributed by atoms with Gasteiger partial charge in [0, 0.05) is 56.8 Å². The monoisotopic (exact) mass is 909 g/mol. The molecule has 0 bridgehead atoms. The summed E-state index contributed by atoms with van der Waals surface area (Å²) in [5.41, 5.74) is 4.21. The van der Waals surface area contributed by atoms with E-state index in [-0.39, 0.29) is 29.7 Å². The molecule has 4 aliphatic rings. The quantitative estimate of drug-likeness (QED) is 0.153. The molecule has 20 heteroatoms. The molecule has 3 aromatic rings. The van der Waals surface area contributed by atoms with Gasteiger partial charge in [-0.05, 0) is 66.1 Å². The third-order valence-corrected chi connectivity index (χ3v) is 11.6. The zero-order chi connectivity index (χ0) is 46.1. The number of nitrogens with zero attached hydrogens (tertiary/aromatic N) is 3. The fourth-order valence-electron chi connectivity index (χ4n) is 8.14. The molecule has 1 aliphatic carbocycles. The third kappa shape index (κ3) is 13.0. The highest BCUT2D eigenvalue weighted by atomic mass is 35.5. The number of hydrogen-bond donors (Lipinski definition) is 4. The van der Waals surface area contributed by atoms with Gasteiger partial charge in [0.2, 0.25) is 11.8 Å². The molecule has 7 rings (SSSR count). The lowest BCUT2D eigenvalue weighted by Crippen LogP contribution is -2.60. The van der Waals surface area contributed by atoms with Gasteiger partial charge in [-0.1, -0.05) is 79.4 Å². The number of benzene rings is 3. The lowest BCUT2D eigenvalue weighted by molar-refractivity contribution is -0.193. The zero-order valence-electron chi connectivity index (χ0n) is 33.8. The molecular formula is C43H46ClF6N5O8. The van der Waals surface area contributed by atoms with Crippen LogP contribution < -0.4 is 10.6 Å². The van der Waals surface area contributed by atoms with Crippen LogP contribution in [0.3, 0.4) is 0 Å². The number of hydrogen-bond acceptors (Lipinski definition) is 8. The first-order valence-corrected chi connectivity index (χ1v) is 20.6. The number of carboxylic acid groups (broad SMARTS) is 2. The summed E-state index contributed by atoms with van der Waals surface area (Å²) in [5, 5.41) is 21.3. The minimum Gasteiger partial charge on any atom is -0.475 e. The second-order valence-electron chi connectivity index (χ2n) is 15.5. The average Bonchev–Trinajstić information content (AvgIpc) is 3.50. The van der Waals surface area contributed by atoms with Crippen LogP contribution in [-0.4, -0.2) is 124 Å². The smallest absolute Gasteiger partial charge is 0.475 e. The van der Waals surface area contributed by atoms with Gasteiger partial charge in [0.1, 0.15) is 6.04 Å². The average molecular weight is 910 g/mol. The number of carboxylic acids is 2. The standard InChI is InChI=1S/C39H44ClN5O4.2C2HF3O2/c40-30-16-14-26(15-17-30)22-34(42-36(46)33-23-28-10-4-5-11-29(28)24-41-33)39(49)44-20-18-43(19-21-44)35(27-8-2-1-3-9-27)25-45-37(47)31-12-6-7-13-32(31)38(45)48;2*3-2(4,5)1(6)7/h4-7,10-17,27,33-35,41H,1-3,8-9,18-25H2,(H,42,46);2*(H,6,7). The van der Waals surface area contributed by atoms with Crippen molar-refractivity contribution in [3.05, 3.63) is 106 Å². The van der Waals surface area contributed by atoms with E-state index in [2.05, 4.69) is 27.7 Å². The van der Waals surface area contributed by atoms with Gasteiger partial charge in [-0.15, -0.1) is 0 Å². The summed E-state index contributed by atoms with van der Waals surface area (Å²) in [7, 11) is 0. The van der Waals surface area contributed by atoms with Crippen LogP contribution in [0, 0.1) is 5.92 Å². The Morgan fingerprint density at radius 3 is 1.78 bits per heavy atom. The first-order valence-electron chi connectivity index (χ1n) is 20.2. The topological polar surface area (TPSA) is 177 Å². The maximum atomic E-state index is 14.2. The predicted octanol–water partition coefficient (Wildman–Crippen LogP) is 5.74. The number of aliphatic carboxylic acids is 2. The molecule has 1 saturated carbocycles. The van der Waals surface area contributed by atoms with Crippen LogP contribution in [0.4, 0.5) is 26.3 Å². The lowest BCUT2D eigenvalue weighted by Gasteiger charge is -2.44. The molecule has 0 radical (unpaired) electrons. The van der Waals surface area contributed by atoms with Gasteiger partial charge < -0.3 is 25.7 Å². The zero-order valence-corrected chi connectivity index (χ0v) is 34.5. The molecule has 0 spiro atoms. The molecule has 3 unspecified atom stereocenters. The van der Waals surface area contributed by atoms with Gasteiger partial charge in [0.25, 0.3) is 11.8 Å². The van der Waals surface area contributed by atoms with Crippen molar-refractivity contribution >= 4 is 47.2 Å². The SMILES string of the molecule is O=C(NC(Cc1ccc(Cl)cc1)C(=O)N1CCN(C(CN2C(=O)c3ccccc3C2=O)C2CCCCC2)CC1)C1Cc2ccccc2CN1.O=C(O)C(F)(F)F.O=C(O)C(F)(F)F. The predicted molar refractivity (Wildman–Crippen MR) is 216 cm³/mol. The number of fused-ring (bicyclic) bond motifs is 2. The number of carbonyl (C=O) groups excluding carboxylic acids is 4. The van der Waals surface area contributed by atoms with Crippen LogP contribution in [0.15, 0.2) is 72.8 Å². The van der Waals surface area contributed by atoms with E-state index < -0.39 is 36.4 Å². The largest absolute Gasteiger partial charge is 0.490 e. The molecule has 340 valence electrons. The fraction of sp³-hybridized carbons (Fsp3) is 0.442. The molecule has 3 aliphatic heterocycles. The Balaban J connectivity index is 0.000000463. The Hall–Kier alpha value is -5.53. The Kier molecular flexibility index (Phi) is 16.3. The van der Waals surface area contributed by atoms with Crippen LogP contribution in [-0.2, 0) is 38.6 Å². The van der Waals surface area contributed by atoms with Crippen molar-refractivity contribution < 1.29 is 65.3 Å². The molecule has 3 atom stereocenters. The summed E-state index contributed by atoms with van der Waals surface area (Å²) in [4.78, 5) is 78.0. The number of piperazine rings is 1. The van der Waals surface area contributed by atoms with Crippen LogP contribution >= 0.6 is 11.6 Å². The van der Waals surface area contributed by atoms with Crippen LogP contribution in [0.5, 0.6) is 0 Å². The van der Waals surface area contributed by atoms with Crippen molar-refractivity contribution in [2.75, 3.05) is 32.7 Å². The Morgan fingerprint density at radius 2 is 1.25 bits per heavy atom. The van der Waals surface area contributed by atoms with E-state index in [0.29, 0.717) is 74.2 Å². The van der Waals surface area contributed by atoms with E-state index in [4.69, 9.17) is 31.4 Å². The lowest BCUT2D eigenvalue weighted by atomic mass is 9.82. The molecule has 13 nitrogen and oxygen atoms in total. The number of carbonyl (C=O) groups is 6.